The molecule has 0 unspecified atom stereocenters. The van der Waals surface area contributed by atoms with E-state index in [2.05, 4.69) is 44.1 Å². The zero-order chi connectivity index (χ0) is 17.9. The summed E-state index contributed by atoms with van der Waals surface area (Å²) in [5.41, 5.74) is 0. The first-order chi connectivity index (χ1) is 10.7. The van der Waals surface area contributed by atoms with Crippen LogP contribution in [0.4, 0.5) is 0 Å². The lowest BCUT2D eigenvalue weighted by Gasteiger charge is -2.36. The van der Waals surface area contributed by atoms with Gasteiger partial charge in [-0.05, 0) is 32.0 Å². The summed E-state index contributed by atoms with van der Waals surface area (Å²) in [6, 6.07) is 2.09. The zero-order valence-corrected chi connectivity index (χ0v) is 16.9. The summed E-state index contributed by atoms with van der Waals surface area (Å²) in [4.78, 5) is 22.1. The van der Waals surface area contributed by atoms with Crippen molar-refractivity contribution >= 4 is 29.1 Å². The smallest absolute Gasteiger partial charge is 0.330 e. The summed E-state index contributed by atoms with van der Waals surface area (Å²) in [6.45, 7) is 14.6. The van der Waals surface area contributed by atoms with Crippen LogP contribution in [0.1, 0.15) is 12.8 Å². The van der Waals surface area contributed by atoms with E-state index in [4.69, 9.17) is 9.47 Å². The van der Waals surface area contributed by atoms with Crippen LogP contribution >= 0.6 is 0 Å². The molecular weight excluding hydrogens is 326 g/mol. The van der Waals surface area contributed by atoms with Crippen LogP contribution in [0, 0.1) is 0 Å². The van der Waals surface area contributed by atoms with Crippen molar-refractivity contribution in [3.63, 3.8) is 0 Å². The lowest BCUT2D eigenvalue weighted by atomic mass is 10.5. The molecule has 23 heavy (non-hydrogen) atoms. The van der Waals surface area contributed by atoms with E-state index in [0.29, 0.717) is 13.2 Å². The maximum absolute atomic E-state index is 11.1. The third kappa shape index (κ3) is 10.2. The Labute approximate surface area is 143 Å². The summed E-state index contributed by atoms with van der Waals surface area (Å²) in [5, 5.41) is 0. The molecule has 0 aromatic heterocycles. The molecule has 131 valence electrons. The average Bonchev–Trinajstić information content (AvgIpc) is 2.50. The van der Waals surface area contributed by atoms with E-state index in [0.717, 1.165) is 24.9 Å². The second kappa shape index (κ2) is 11.4. The molecule has 0 bridgehead atoms. The van der Waals surface area contributed by atoms with E-state index in [1.165, 1.54) is 12.2 Å². The molecule has 0 aromatic carbocycles. The van der Waals surface area contributed by atoms with Crippen molar-refractivity contribution in [3.8, 4) is 0 Å². The highest BCUT2D eigenvalue weighted by Gasteiger charge is 2.28. The van der Waals surface area contributed by atoms with Crippen molar-refractivity contribution < 1.29 is 19.1 Å². The Morgan fingerprint density at radius 2 is 1.39 bits per heavy atom. The van der Waals surface area contributed by atoms with Crippen LogP contribution in [0.3, 0.4) is 0 Å². The highest BCUT2D eigenvalue weighted by Crippen LogP contribution is 2.17. The van der Waals surface area contributed by atoms with Gasteiger partial charge in [0, 0.05) is 12.2 Å². The van der Waals surface area contributed by atoms with E-state index >= 15 is 0 Å². The Kier molecular flexibility index (Phi) is 10.8. The van der Waals surface area contributed by atoms with Crippen molar-refractivity contribution in [2.45, 2.75) is 44.6 Å². The molecular formula is C16H30NO4Si2. The standard InChI is InChI=1S/C16H30NO4Si2/c1-7-15(18)20-11-9-13-22(17(3)23(4,5)6)14-10-12-21-16(19)8-2/h7-8H,1-2,9-14H2,3-6H3. The lowest BCUT2D eigenvalue weighted by molar-refractivity contribution is -0.138. The quantitative estimate of drug-likeness (QED) is 0.233. The minimum Gasteiger partial charge on any atom is -0.463 e. The first-order valence-corrected chi connectivity index (χ1v) is 13.2. The summed E-state index contributed by atoms with van der Waals surface area (Å²) in [6.07, 6.45) is 4.09. The molecule has 0 fully saturated rings. The summed E-state index contributed by atoms with van der Waals surface area (Å²) in [7, 11) is 0.102. The molecule has 0 heterocycles. The van der Waals surface area contributed by atoms with Gasteiger partial charge in [0.1, 0.15) is 17.2 Å². The van der Waals surface area contributed by atoms with E-state index in [1.807, 2.05) is 0 Å². The Morgan fingerprint density at radius 1 is 1.00 bits per heavy atom. The Bertz CT molecular complexity index is 379. The van der Waals surface area contributed by atoms with Gasteiger partial charge in [0.05, 0.1) is 13.2 Å². The summed E-state index contributed by atoms with van der Waals surface area (Å²) in [5.74, 6) is -0.734. The molecule has 0 saturated carbocycles. The molecule has 0 rings (SSSR count). The van der Waals surface area contributed by atoms with Gasteiger partial charge in [-0.15, -0.1) is 0 Å². The maximum atomic E-state index is 11.1. The van der Waals surface area contributed by atoms with Gasteiger partial charge in [-0.1, -0.05) is 32.8 Å². The number of hydrogen-bond acceptors (Lipinski definition) is 5. The van der Waals surface area contributed by atoms with Crippen LogP contribution in [0.15, 0.2) is 25.3 Å². The number of ether oxygens (including phenoxy) is 2. The fourth-order valence-corrected chi connectivity index (χ4v) is 8.44. The molecule has 0 aliphatic rings. The fraction of sp³-hybridized carbons (Fsp3) is 0.625. The van der Waals surface area contributed by atoms with Crippen molar-refractivity contribution in [2.75, 3.05) is 20.3 Å². The summed E-state index contributed by atoms with van der Waals surface area (Å²) >= 11 is 0. The number of hydrogen-bond donors (Lipinski definition) is 0. The SMILES string of the molecule is C=CC(=O)OCCC[Si](CCCOC(=O)C=C)N(C)[Si](C)(C)C. The van der Waals surface area contributed by atoms with Crippen molar-refractivity contribution in [2.24, 2.45) is 0 Å². The predicted octanol–water partition coefficient (Wildman–Crippen LogP) is 2.98. The van der Waals surface area contributed by atoms with Crippen LogP contribution in [-0.2, 0) is 19.1 Å². The zero-order valence-electron chi connectivity index (χ0n) is 14.9. The molecule has 0 aromatic rings. The molecule has 0 atom stereocenters. The Morgan fingerprint density at radius 3 is 1.70 bits per heavy atom. The fourth-order valence-electron chi connectivity index (χ4n) is 1.95. The van der Waals surface area contributed by atoms with Crippen molar-refractivity contribution in [1.29, 1.82) is 0 Å². The molecule has 0 amide bonds. The topological polar surface area (TPSA) is 55.8 Å². The molecule has 0 aliphatic carbocycles. The van der Waals surface area contributed by atoms with Crippen LogP contribution in [-0.4, -0.2) is 53.6 Å². The number of carbonyl (C=O) groups excluding carboxylic acids is 2. The first-order valence-electron chi connectivity index (χ1n) is 7.89. The van der Waals surface area contributed by atoms with Gasteiger partial charge in [0.2, 0.25) is 0 Å². The van der Waals surface area contributed by atoms with Gasteiger partial charge in [0.25, 0.3) is 0 Å². The van der Waals surface area contributed by atoms with E-state index in [9.17, 15) is 9.59 Å². The Hall–Kier alpha value is -1.19. The van der Waals surface area contributed by atoms with Crippen LogP contribution < -0.4 is 0 Å². The minimum atomic E-state index is -1.37. The van der Waals surface area contributed by atoms with Crippen molar-refractivity contribution in [1.82, 2.24) is 4.23 Å². The second-order valence-corrected chi connectivity index (χ2v) is 14.5. The third-order valence-electron chi connectivity index (χ3n) is 3.52. The number of rotatable bonds is 12. The maximum Gasteiger partial charge on any atom is 0.330 e. The van der Waals surface area contributed by atoms with Gasteiger partial charge < -0.3 is 13.7 Å². The van der Waals surface area contributed by atoms with Gasteiger partial charge in [-0.2, -0.15) is 0 Å². The molecule has 5 nitrogen and oxygen atoms in total. The number of esters is 2. The lowest BCUT2D eigenvalue weighted by Crippen LogP contribution is -2.52. The third-order valence-corrected chi connectivity index (χ3v) is 11.3. The van der Waals surface area contributed by atoms with E-state index < -0.39 is 17.2 Å². The molecule has 0 aliphatic heterocycles. The van der Waals surface area contributed by atoms with Gasteiger partial charge in [-0.25, -0.2) is 9.59 Å². The predicted molar refractivity (Wildman–Crippen MR) is 98.0 cm³/mol. The van der Waals surface area contributed by atoms with Gasteiger partial charge in [-0.3, -0.25) is 0 Å². The van der Waals surface area contributed by atoms with Crippen molar-refractivity contribution in [3.05, 3.63) is 25.3 Å². The Balaban J connectivity index is 4.34. The van der Waals surface area contributed by atoms with E-state index in [-0.39, 0.29) is 11.9 Å². The average molecular weight is 357 g/mol. The minimum absolute atomic E-state index is 0.367. The highest BCUT2D eigenvalue weighted by atomic mass is 28.4. The molecule has 7 heteroatoms. The van der Waals surface area contributed by atoms with Crippen LogP contribution in [0.25, 0.3) is 0 Å². The van der Waals surface area contributed by atoms with Gasteiger partial charge >= 0.3 is 11.9 Å². The molecule has 1 radical (unpaired) electrons. The van der Waals surface area contributed by atoms with Gasteiger partial charge in [0.15, 0.2) is 0 Å². The first kappa shape index (κ1) is 21.8. The highest BCUT2D eigenvalue weighted by molar-refractivity contribution is 6.83. The van der Waals surface area contributed by atoms with Crippen LogP contribution in [0.5, 0.6) is 0 Å². The van der Waals surface area contributed by atoms with Crippen LogP contribution in [0.2, 0.25) is 31.7 Å². The number of nitrogens with zero attached hydrogens (tertiary/aromatic N) is 1. The second-order valence-electron chi connectivity index (χ2n) is 6.25. The molecule has 0 saturated heterocycles. The molecule has 0 N–H and O–H groups in total. The van der Waals surface area contributed by atoms with E-state index in [1.54, 1.807) is 0 Å². The molecule has 0 spiro atoms. The normalized spacial score (nSPS) is 11.4. The summed E-state index contributed by atoms with van der Waals surface area (Å²) < 4.78 is 12.7. The monoisotopic (exact) mass is 356 g/mol. The number of carbonyl (C=O) groups is 2. The largest absolute Gasteiger partial charge is 0.463 e.